The third kappa shape index (κ3) is 4.79. The van der Waals surface area contributed by atoms with E-state index < -0.39 is 37.3 Å². The highest BCUT2D eigenvalue weighted by Gasteiger charge is 2.71. The zero-order valence-electron chi connectivity index (χ0n) is 22.3. The van der Waals surface area contributed by atoms with E-state index in [9.17, 15) is 36.6 Å². The molecular formula is C28H35F6NO2Si. The van der Waals surface area contributed by atoms with Gasteiger partial charge in [0.1, 0.15) is 8.07 Å². The molecule has 0 bridgehead atoms. The molecule has 210 valence electrons. The van der Waals surface area contributed by atoms with E-state index in [2.05, 4.69) is 41.5 Å². The molecule has 0 aliphatic carbocycles. The summed E-state index contributed by atoms with van der Waals surface area (Å²) in [5, 5.41) is 22.1. The minimum atomic E-state index is -5.98. The summed E-state index contributed by atoms with van der Waals surface area (Å²) in [6.45, 7) is 12.6. The predicted octanol–water partition coefficient (Wildman–Crippen LogP) is 8.25. The zero-order chi connectivity index (χ0) is 28.8. The van der Waals surface area contributed by atoms with Gasteiger partial charge in [0, 0.05) is 28.7 Å². The van der Waals surface area contributed by atoms with Gasteiger partial charge in [-0.25, -0.2) is 0 Å². The molecule has 1 aromatic heterocycles. The van der Waals surface area contributed by atoms with Gasteiger partial charge >= 0.3 is 12.4 Å². The number of aliphatic hydroxyl groups excluding tert-OH is 1. The molecule has 0 amide bonds. The molecule has 2 N–H and O–H groups in total. The smallest absolute Gasteiger partial charge is 0.390 e. The van der Waals surface area contributed by atoms with Gasteiger partial charge in [-0.1, -0.05) is 77.9 Å². The minimum Gasteiger partial charge on any atom is -0.390 e. The van der Waals surface area contributed by atoms with Gasteiger partial charge in [0.15, 0.2) is 0 Å². The van der Waals surface area contributed by atoms with Crippen molar-refractivity contribution in [2.45, 2.75) is 88.4 Å². The summed E-state index contributed by atoms with van der Waals surface area (Å²) >= 11 is 0. The molecule has 1 heterocycles. The van der Waals surface area contributed by atoms with Gasteiger partial charge in [-0.15, -0.1) is 0 Å². The van der Waals surface area contributed by atoms with Gasteiger partial charge in [-0.2, -0.15) is 26.3 Å². The molecule has 0 saturated heterocycles. The third-order valence-corrected chi connectivity index (χ3v) is 15.4. The lowest BCUT2D eigenvalue weighted by atomic mass is 9.91. The Labute approximate surface area is 220 Å². The van der Waals surface area contributed by atoms with Crippen molar-refractivity contribution in [3.8, 4) is 0 Å². The van der Waals surface area contributed by atoms with Crippen molar-refractivity contribution in [3.63, 3.8) is 0 Å². The Morgan fingerprint density at radius 1 is 0.763 bits per heavy atom. The van der Waals surface area contributed by atoms with Crippen LogP contribution < -0.4 is 0 Å². The van der Waals surface area contributed by atoms with Crippen LogP contribution in [0.5, 0.6) is 0 Å². The minimum absolute atomic E-state index is 0.0820. The van der Waals surface area contributed by atoms with Gasteiger partial charge in [-0.05, 0) is 40.4 Å². The highest BCUT2D eigenvalue weighted by Crippen LogP contribution is 2.52. The molecule has 10 heteroatoms. The van der Waals surface area contributed by atoms with Crippen LogP contribution in [0, 0.1) is 0 Å². The first-order valence-electron chi connectivity index (χ1n) is 12.6. The number of hydrogen-bond acceptors (Lipinski definition) is 2. The van der Waals surface area contributed by atoms with Crippen LogP contribution in [0.4, 0.5) is 26.3 Å². The summed E-state index contributed by atoms with van der Waals surface area (Å²) in [6.07, 6.45) is -12.0. The van der Waals surface area contributed by atoms with Crippen molar-refractivity contribution in [2.24, 2.45) is 0 Å². The Morgan fingerprint density at radius 2 is 1.26 bits per heavy atom. The first-order chi connectivity index (χ1) is 17.4. The van der Waals surface area contributed by atoms with Crippen molar-refractivity contribution in [2.75, 3.05) is 0 Å². The predicted molar refractivity (Wildman–Crippen MR) is 139 cm³/mol. The van der Waals surface area contributed by atoms with Crippen LogP contribution in [0.3, 0.4) is 0 Å². The molecule has 1 unspecified atom stereocenters. The van der Waals surface area contributed by atoms with Gasteiger partial charge in [0.05, 0.1) is 5.73 Å². The number of fused-ring (bicyclic) bond motifs is 1. The molecule has 3 nitrogen and oxygen atoms in total. The number of alkyl halides is 6. The summed E-state index contributed by atoms with van der Waals surface area (Å²) in [6, 6.07) is 13.3. The Balaban J connectivity index is 2.34. The largest absolute Gasteiger partial charge is 0.430 e. The van der Waals surface area contributed by atoms with Crippen molar-refractivity contribution in [1.82, 2.24) is 4.57 Å². The van der Waals surface area contributed by atoms with Crippen LogP contribution in [0.1, 0.15) is 64.1 Å². The standard InChI is InChI=1S/C28H35F6NO2Si/c1-17(2)38(18(3)4,19(5)6)25(36)24-15-21-14-22(26(37,27(29,30)31)28(32,33)34)12-13-23(21)35(24)16-20-10-8-7-9-11-20/h7-15,17-19,25,36-37H,16H2,1-6H3. The molecule has 0 radical (unpaired) electrons. The van der Waals surface area contributed by atoms with Crippen LogP contribution in [-0.2, 0) is 12.1 Å². The van der Waals surface area contributed by atoms with Gasteiger partial charge in [0.25, 0.3) is 5.60 Å². The number of hydrogen-bond donors (Lipinski definition) is 2. The average molecular weight is 560 g/mol. The lowest BCUT2D eigenvalue weighted by molar-refractivity contribution is -0.376. The molecule has 0 aliphatic rings. The maximum Gasteiger partial charge on any atom is 0.430 e. The number of aromatic nitrogens is 1. The third-order valence-electron chi connectivity index (χ3n) is 8.11. The van der Waals surface area contributed by atoms with Crippen LogP contribution >= 0.6 is 0 Å². The molecule has 1 atom stereocenters. The Kier molecular flexibility index (Phi) is 8.24. The van der Waals surface area contributed by atoms with Crippen LogP contribution in [0.2, 0.25) is 16.6 Å². The lowest BCUT2D eigenvalue weighted by Crippen LogP contribution is -2.53. The number of halogens is 6. The molecule has 3 aromatic rings. The van der Waals surface area contributed by atoms with Gasteiger partial charge in [-0.3, -0.25) is 0 Å². The van der Waals surface area contributed by atoms with E-state index in [-0.39, 0.29) is 28.6 Å². The number of aliphatic hydroxyl groups is 2. The second kappa shape index (κ2) is 10.4. The van der Waals surface area contributed by atoms with Crippen LogP contribution in [0.15, 0.2) is 54.6 Å². The summed E-state index contributed by atoms with van der Waals surface area (Å²) in [5.41, 5.74) is -5.19. The van der Waals surface area contributed by atoms with E-state index in [1.807, 2.05) is 30.3 Å². The maximum absolute atomic E-state index is 13.6. The van der Waals surface area contributed by atoms with E-state index in [0.717, 1.165) is 17.7 Å². The molecule has 3 rings (SSSR count). The van der Waals surface area contributed by atoms with Gasteiger partial charge in [0.2, 0.25) is 0 Å². The average Bonchev–Trinajstić information content (AvgIpc) is 3.14. The second-order valence-electron chi connectivity index (χ2n) is 11.0. The topological polar surface area (TPSA) is 45.4 Å². The van der Waals surface area contributed by atoms with Gasteiger partial charge < -0.3 is 14.8 Å². The molecule has 38 heavy (non-hydrogen) atoms. The van der Waals surface area contributed by atoms with E-state index in [4.69, 9.17) is 0 Å². The molecule has 0 aliphatic heterocycles. The molecular weight excluding hydrogens is 524 g/mol. The Bertz CT molecular complexity index is 1210. The van der Waals surface area contributed by atoms with E-state index in [1.165, 1.54) is 6.07 Å². The molecule has 0 saturated carbocycles. The monoisotopic (exact) mass is 559 g/mol. The van der Waals surface area contributed by atoms with Crippen LogP contribution in [0.25, 0.3) is 10.9 Å². The van der Waals surface area contributed by atoms with E-state index in [0.29, 0.717) is 17.3 Å². The number of benzene rings is 2. The van der Waals surface area contributed by atoms with E-state index >= 15 is 0 Å². The fourth-order valence-electron chi connectivity index (χ4n) is 6.38. The fraction of sp³-hybridized carbons (Fsp3) is 0.500. The summed E-state index contributed by atoms with van der Waals surface area (Å²) in [7, 11) is -2.57. The highest BCUT2D eigenvalue weighted by atomic mass is 28.3. The summed E-state index contributed by atoms with van der Waals surface area (Å²) in [4.78, 5) is 0. The summed E-state index contributed by atoms with van der Waals surface area (Å²) < 4.78 is 83.4. The Hall–Kier alpha value is -2.30. The molecule has 2 aromatic carbocycles. The van der Waals surface area contributed by atoms with Crippen molar-refractivity contribution in [1.29, 1.82) is 0 Å². The zero-order valence-corrected chi connectivity index (χ0v) is 23.3. The first-order valence-corrected chi connectivity index (χ1v) is 14.9. The van der Waals surface area contributed by atoms with Crippen molar-refractivity contribution < 1.29 is 36.6 Å². The quantitative estimate of drug-likeness (QED) is 0.216. The molecule has 0 fully saturated rings. The number of nitrogens with zero attached hydrogens (tertiary/aromatic N) is 1. The SMILES string of the molecule is CC(C)[Si](C(C)C)(C(C)C)C(O)c1cc2cc(C(O)(C(F)(F)F)C(F)(F)F)ccc2n1Cc1ccccc1. The van der Waals surface area contributed by atoms with E-state index in [1.54, 1.807) is 4.57 Å². The normalized spacial score (nSPS) is 14.8. The highest BCUT2D eigenvalue weighted by molar-refractivity contribution is 6.84. The summed E-state index contributed by atoms with van der Waals surface area (Å²) in [5.74, 6) is 0. The van der Waals surface area contributed by atoms with Crippen LogP contribution in [-0.4, -0.2) is 35.2 Å². The molecule has 0 spiro atoms. The lowest BCUT2D eigenvalue weighted by Gasteiger charge is -2.46. The Morgan fingerprint density at radius 3 is 1.71 bits per heavy atom. The second-order valence-corrected chi connectivity index (χ2v) is 17.0. The number of rotatable bonds is 8. The maximum atomic E-state index is 13.6. The van der Waals surface area contributed by atoms with Crippen molar-refractivity contribution in [3.05, 3.63) is 71.4 Å². The fourth-order valence-corrected chi connectivity index (χ4v) is 13.0. The first kappa shape index (κ1) is 30.2. The van der Waals surface area contributed by atoms with Crippen molar-refractivity contribution >= 4 is 19.0 Å².